The zero-order chi connectivity index (χ0) is 49.4. The molecule has 19 nitrogen and oxygen atoms in total. The second-order valence-electron chi connectivity index (χ2n) is 17.2. The van der Waals surface area contributed by atoms with Crippen molar-refractivity contribution in [2.45, 2.75) is 85.4 Å². The van der Waals surface area contributed by atoms with E-state index in [-0.39, 0.29) is 42.5 Å². The van der Waals surface area contributed by atoms with Crippen LogP contribution >= 0.6 is 0 Å². The Balaban J connectivity index is 0.00000118. The van der Waals surface area contributed by atoms with Gasteiger partial charge in [-0.25, -0.2) is 9.18 Å². The lowest BCUT2D eigenvalue weighted by molar-refractivity contribution is -0.131. The van der Waals surface area contributed by atoms with Gasteiger partial charge < -0.3 is 69.5 Å². The molecule has 69 heavy (non-hydrogen) atoms. The number of aromatic nitrogens is 2. The predicted molar refractivity (Wildman–Crippen MR) is 262 cm³/mol. The van der Waals surface area contributed by atoms with Crippen molar-refractivity contribution >= 4 is 57.5 Å². The van der Waals surface area contributed by atoms with E-state index < -0.39 is 12.1 Å². The number of unbranched alkanes of at least 4 members (excludes halogenated alkanes) is 2. The molecule has 4 heterocycles. The minimum absolute atomic E-state index is 0.112. The number of hydrogen-bond acceptors (Lipinski definition) is 13. The average molecular weight is 968 g/mol. The van der Waals surface area contributed by atoms with Crippen molar-refractivity contribution < 1.29 is 51.7 Å². The molecule has 1 fully saturated rings. The first-order chi connectivity index (χ1) is 33.5. The summed E-state index contributed by atoms with van der Waals surface area (Å²) < 4.78 is 51.0. The third-order valence-electron chi connectivity index (χ3n) is 11.6. The number of ether oxygens (including phenoxy) is 5. The van der Waals surface area contributed by atoms with Crippen LogP contribution in [0.4, 0.5) is 20.9 Å². The van der Waals surface area contributed by atoms with Gasteiger partial charge in [-0.1, -0.05) is 40.5 Å². The second kappa shape index (κ2) is 29.5. The molecule has 0 saturated carbocycles. The van der Waals surface area contributed by atoms with Crippen LogP contribution in [0.5, 0.6) is 0 Å². The maximum atomic E-state index is 14.5. The molecular formula is C49H74FN9O10. The number of nitrogens with two attached hydrogens (primary N) is 1. The number of oxazole rings is 1. The number of anilines is 2. The van der Waals surface area contributed by atoms with Gasteiger partial charge in [-0.3, -0.25) is 14.4 Å². The highest BCUT2D eigenvalue weighted by Crippen LogP contribution is 2.35. The Morgan fingerprint density at radius 2 is 1.51 bits per heavy atom. The van der Waals surface area contributed by atoms with E-state index >= 15 is 0 Å². The third kappa shape index (κ3) is 17.7. The summed E-state index contributed by atoms with van der Waals surface area (Å²) in [6, 6.07) is 10.7. The molecule has 2 aliphatic heterocycles. The van der Waals surface area contributed by atoms with Gasteiger partial charge in [0.1, 0.15) is 17.4 Å². The zero-order valence-corrected chi connectivity index (χ0v) is 40.9. The zero-order valence-electron chi connectivity index (χ0n) is 40.9. The fourth-order valence-corrected chi connectivity index (χ4v) is 7.97. The fraction of sp³-hybridized carbons (Fsp3) is 0.612. The van der Waals surface area contributed by atoms with E-state index in [0.29, 0.717) is 98.1 Å². The van der Waals surface area contributed by atoms with Crippen molar-refractivity contribution in [1.29, 1.82) is 0 Å². The van der Waals surface area contributed by atoms with E-state index in [1.165, 1.54) is 17.3 Å². The summed E-state index contributed by atoms with van der Waals surface area (Å²) in [6.07, 6.45) is 4.89. The van der Waals surface area contributed by atoms with Crippen molar-refractivity contribution in [3.05, 3.63) is 53.5 Å². The first-order valence-corrected chi connectivity index (χ1v) is 24.4. The summed E-state index contributed by atoms with van der Waals surface area (Å²) in [5.74, 6) is -1.25. The van der Waals surface area contributed by atoms with Crippen molar-refractivity contribution in [1.82, 2.24) is 30.8 Å². The molecule has 1 atom stereocenters. The van der Waals surface area contributed by atoms with Crippen LogP contribution in [-0.4, -0.2) is 145 Å². The first kappa shape index (κ1) is 54.4. The molecule has 1 unspecified atom stereocenters. The molecule has 6 N–H and O–H groups in total. The highest BCUT2D eigenvalue weighted by atomic mass is 19.1. The summed E-state index contributed by atoms with van der Waals surface area (Å²) in [5.41, 5.74) is 10.7. The Bertz CT molecular complexity index is 2210. The van der Waals surface area contributed by atoms with E-state index in [1.54, 1.807) is 6.07 Å². The number of fused-ring (bicyclic) bond motifs is 4. The van der Waals surface area contributed by atoms with Gasteiger partial charge in [0.15, 0.2) is 5.58 Å². The van der Waals surface area contributed by atoms with Gasteiger partial charge >= 0.3 is 6.03 Å². The number of halogens is 1. The molecule has 2 aromatic carbocycles. The van der Waals surface area contributed by atoms with Crippen LogP contribution in [0.15, 0.2) is 40.8 Å². The van der Waals surface area contributed by atoms with Crippen LogP contribution in [0, 0.1) is 11.7 Å². The molecule has 2 aromatic heterocycles. The molecular weight excluding hydrogens is 894 g/mol. The molecule has 0 bridgehead atoms. The van der Waals surface area contributed by atoms with E-state index in [1.807, 2.05) is 32.9 Å². The van der Waals surface area contributed by atoms with Gasteiger partial charge in [-0.2, -0.15) is 4.98 Å². The van der Waals surface area contributed by atoms with Gasteiger partial charge in [-0.15, -0.1) is 0 Å². The molecule has 4 aromatic rings. The van der Waals surface area contributed by atoms with E-state index in [9.17, 15) is 23.6 Å². The minimum atomic E-state index is -0.693. The van der Waals surface area contributed by atoms with Crippen molar-refractivity contribution in [2.75, 3.05) is 115 Å². The average Bonchev–Trinajstić information content (AvgIpc) is 3.91. The topological polar surface area (TPSA) is 226 Å². The van der Waals surface area contributed by atoms with E-state index in [0.717, 1.165) is 79.4 Å². The Labute approximate surface area is 404 Å². The Morgan fingerprint density at radius 3 is 2.17 bits per heavy atom. The molecule has 0 spiro atoms. The van der Waals surface area contributed by atoms with Crippen LogP contribution in [0.3, 0.4) is 0 Å². The van der Waals surface area contributed by atoms with Crippen molar-refractivity contribution in [2.24, 2.45) is 11.7 Å². The number of carbonyl (C=O) groups excluding carboxylic acids is 4. The molecule has 0 radical (unpaired) electrons. The molecule has 5 amide bonds. The number of primary amides is 1. The van der Waals surface area contributed by atoms with Gasteiger partial charge in [0.05, 0.1) is 78.1 Å². The fourth-order valence-electron chi connectivity index (χ4n) is 7.97. The Hall–Kier alpha value is -5.54. The lowest BCUT2D eigenvalue weighted by Gasteiger charge is -2.30. The number of nitrogens with one attached hydrogen (secondary N) is 4. The SMILES string of the molecule is CCCCCC(=O)NC(C(=O)NCC(=O)NCCOCCOCCOCCOCCn1c2c(c3ccc(F)cc31)CN(c1ccc3oc(N4CCOCC4)nc3c1)CC2)C(C)C.CCCNC(N)=O. The number of benzene rings is 2. The Kier molecular flexibility index (Phi) is 23.2. The highest BCUT2D eigenvalue weighted by molar-refractivity contribution is 5.91. The summed E-state index contributed by atoms with van der Waals surface area (Å²) >= 11 is 0. The predicted octanol–water partition coefficient (Wildman–Crippen LogP) is 4.41. The van der Waals surface area contributed by atoms with Crippen molar-refractivity contribution in [3.63, 3.8) is 0 Å². The minimum Gasteiger partial charge on any atom is -0.423 e. The van der Waals surface area contributed by atoms with Crippen molar-refractivity contribution in [3.8, 4) is 0 Å². The number of hydrogen-bond donors (Lipinski definition) is 5. The number of rotatable bonds is 28. The second-order valence-corrected chi connectivity index (χ2v) is 17.2. The molecule has 1 saturated heterocycles. The number of amides is 5. The molecule has 0 aliphatic carbocycles. The standard InChI is InChI=1S/C45H64FN7O9.C4H10N2O/c1-4-5-6-7-41(54)50-43(32(2)3)44(56)48-30-42(55)47-13-18-57-22-24-60-26-27-61-25-23-59-21-17-53-38-12-14-52(31-36(38)35-10-8-33(46)28-39(35)53)34-9-11-40-37(29-34)49-45(62-40)51-15-19-58-20-16-51;1-2-3-6-4(5)7/h8-11,28-29,32,43H,4-7,12-27,30-31H2,1-3H3,(H,47,55)(H,48,56)(H,50,54);2-3H2,1H3,(H3,5,6,7). The highest BCUT2D eigenvalue weighted by Gasteiger charge is 2.27. The van der Waals surface area contributed by atoms with Crippen LogP contribution in [-0.2, 0) is 57.6 Å². The van der Waals surface area contributed by atoms with Gasteiger partial charge in [0, 0.05) is 81.0 Å². The molecule has 382 valence electrons. The van der Waals surface area contributed by atoms with Gasteiger partial charge in [0.2, 0.25) is 17.7 Å². The largest absolute Gasteiger partial charge is 0.423 e. The maximum Gasteiger partial charge on any atom is 0.312 e. The number of carbonyl (C=O) groups is 4. The summed E-state index contributed by atoms with van der Waals surface area (Å²) in [5, 5.41) is 11.6. The lowest BCUT2D eigenvalue weighted by atomic mass is 10.0. The quantitative estimate of drug-likeness (QED) is 0.0499. The van der Waals surface area contributed by atoms with E-state index in [4.69, 9.17) is 38.8 Å². The number of urea groups is 1. The summed E-state index contributed by atoms with van der Waals surface area (Å²) in [4.78, 5) is 56.1. The van der Waals surface area contributed by atoms with Crippen LogP contribution in [0.25, 0.3) is 22.0 Å². The third-order valence-corrected chi connectivity index (χ3v) is 11.6. The first-order valence-electron chi connectivity index (χ1n) is 24.4. The summed E-state index contributed by atoms with van der Waals surface area (Å²) in [7, 11) is 0. The summed E-state index contributed by atoms with van der Waals surface area (Å²) in [6.45, 7) is 16.7. The van der Waals surface area contributed by atoms with E-state index in [2.05, 4.69) is 54.7 Å². The van der Waals surface area contributed by atoms with Gasteiger partial charge in [0.25, 0.3) is 6.01 Å². The maximum absolute atomic E-state index is 14.5. The number of morpholine rings is 1. The molecule has 20 heteroatoms. The van der Waals surface area contributed by atoms with Crippen LogP contribution in [0.1, 0.15) is 71.1 Å². The normalized spacial score (nSPS) is 14.1. The molecule has 6 rings (SSSR count). The smallest absolute Gasteiger partial charge is 0.312 e. The van der Waals surface area contributed by atoms with Gasteiger partial charge in [-0.05, 0) is 55.2 Å². The molecule has 2 aliphatic rings. The number of nitrogens with zero attached hydrogens (tertiary/aromatic N) is 4. The lowest BCUT2D eigenvalue weighted by Crippen LogP contribution is -2.51. The monoisotopic (exact) mass is 968 g/mol. The van der Waals surface area contributed by atoms with Crippen LogP contribution in [0.2, 0.25) is 0 Å². The Morgan fingerprint density at radius 1 is 0.797 bits per heavy atom. The van der Waals surface area contributed by atoms with Crippen LogP contribution < -0.4 is 36.8 Å².